The van der Waals surface area contributed by atoms with Gasteiger partial charge in [-0.2, -0.15) is 13.2 Å². The summed E-state index contributed by atoms with van der Waals surface area (Å²) in [4.78, 5) is 0. The molecule has 0 spiro atoms. The zero-order valence-electron chi connectivity index (χ0n) is 16.2. The minimum atomic E-state index is -4.55. The average Bonchev–Trinajstić information content (AvgIpc) is 2.74. The van der Waals surface area contributed by atoms with Crippen LogP contribution < -0.4 is 9.47 Å². The van der Waals surface area contributed by atoms with E-state index in [2.05, 4.69) is 0 Å². The summed E-state index contributed by atoms with van der Waals surface area (Å²) in [7, 11) is 0. The molecule has 8 heteroatoms. The number of alkyl halides is 3. The Morgan fingerprint density at radius 1 is 0.774 bits per heavy atom. The van der Waals surface area contributed by atoms with Gasteiger partial charge in [-0.25, -0.2) is 8.78 Å². The van der Waals surface area contributed by atoms with Gasteiger partial charge in [0.15, 0.2) is 11.6 Å². The minimum absolute atomic E-state index is 0.0562. The molecule has 0 bridgehead atoms. The average molecular weight is 438 g/mol. The first-order chi connectivity index (χ1) is 14.8. The number of para-hydroxylation sites is 1. The van der Waals surface area contributed by atoms with Gasteiger partial charge in [0.2, 0.25) is 0 Å². The van der Waals surface area contributed by atoms with E-state index in [9.17, 15) is 22.0 Å². The van der Waals surface area contributed by atoms with Crippen LogP contribution >= 0.6 is 0 Å². The lowest BCUT2D eigenvalue weighted by Crippen LogP contribution is -2.32. The molecule has 0 heterocycles. The number of benzene rings is 3. The Morgan fingerprint density at radius 3 is 2.16 bits per heavy atom. The zero-order valence-corrected chi connectivity index (χ0v) is 16.2. The molecule has 3 aromatic rings. The van der Waals surface area contributed by atoms with Crippen LogP contribution in [0.3, 0.4) is 0 Å². The zero-order chi connectivity index (χ0) is 22.3. The first-order valence-corrected chi connectivity index (χ1v) is 9.35. The molecule has 31 heavy (non-hydrogen) atoms. The van der Waals surface area contributed by atoms with E-state index in [-0.39, 0.29) is 18.1 Å². The standard InChI is InChI=1S/C23H19F5O3/c24-18-7-9-19(10-8-18)30-15-17(23(26,27)28)14-29-13-16-6-11-21(25)22(12-16)31-20-4-2-1-3-5-20/h1-12,17H,13-15H2. The molecule has 0 radical (unpaired) electrons. The number of rotatable bonds is 9. The van der Waals surface area contributed by atoms with Crippen molar-refractivity contribution in [2.75, 3.05) is 13.2 Å². The van der Waals surface area contributed by atoms with Gasteiger partial charge in [0.1, 0.15) is 29.8 Å². The van der Waals surface area contributed by atoms with E-state index in [1.54, 1.807) is 30.3 Å². The van der Waals surface area contributed by atoms with Crippen molar-refractivity contribution in [1.82, 2.24) is 0 Å². The van der Waals surface area contributed by atoms with Crippen LogP contribution in [0.2, 0.25) is 0 Å². The molecule has 0 aliphatic carbocycles. The van der Waals surface area contributed by atoms with Gasteiger partial charge in [-0.3, -0.25) is 0 Å². The molecule has 0 aliphatic heterocycles. The van der Waals surface area contributed by atoms with Gasteiger partial charge in [-0.15, -0.1) is 0 Å². The highest BCUT2D eigenvalue weighted by molar-refractivity contribution is 5.35. The molecular formula is C23H19F5O3. The molecule has 0 N–H and O–H groups in total. The highest BCUT2D eigenvalue weighted by Gasteiger charge is 2.40. The van der Waals surface area contributed by atoms with Gasteiger partial charge >= 0.3 is 6.18 Å². The van der Waals surface area contributed by atoms with Crippen LogP contribution in [0.25, 0.3) is 0 Å². The Morgan fingerprint density at radius 2 is 1.48 bits per heavy atom. The third-order valence-electron chi connectivity index (χ3n) is 4.28. The Balaban J connectivity index is 1.57. The van der Waals surface area contributed by atoms with Crippen LogP contribution in [0.4, 0.5) is 22.0 Å². The lowest BCUT2D eigenvalue weighted by Gasteiger charge is -2.21. The molecular weight excluding hydrogens is 419 g/mol. The van der Waals surface area contributed by atoms with Crippen molar-refractivity contribution >= 4 is 0 Å². The fourth-order valence-corrected chi connectivity index (χ4v) is 2.62. The minimum Gasteiger partial charge on any atom is -0.493 e. The maximum absolute atomic E-state index is 14.0. The molecule has 0 amide bonds. The number of hydrogen-bond acceptors (Lipinski definition) is 3. The molecule has 3 rings (SSSR count). The first-order valence-electron chi connectivity index (χ1n) is 9.35. The van der Waals surface area contributed by atoms with Crippen molar-refractivity contribution in [3.63, 3.8) is 0 Å². The molecule has 0 aromatic heterocycles. The van der Waals surface area contributed by atoms with Gasteiger partial charge < -0.3 is 14.2 Å². The first kappa shape index (κ1) is 22.6. The SMILES string of the molecule is Fc1ccc(OCC(COCc2ccc(F)c(Oc3ccccc3)c2)C(F)(F)F)cc1. The van der Waals surface area contributed by atoms with Crippen molar-refractivity contribution < 1.29 is 36.2 Å². The smallest absolute Gasteiger partial charge is 0.397 e. The Labute approximate surface area is 176 Å². The number of ether oxygens (including phenoxy) is 3. The van der Waals surface area contributed by atoms with Gasteiger partial charge in [0, 0.05) is 0 Å². The van der Waals surface area contributed by atoms with Gasteiger partial charge in [0.05, 0.1) is 13.2 Å². The third-order valence-corrected chi connectivity index (χ3v) is 4.28. The Kier molecular flexibility index (Phi) is 7.46. The fraction of sp³-hybridized carbons (Fsp3) is 0.217. The predicted molar refractivity (Wildman–Crippen MR) is 104 cm³/mol. The molecule has 1 atom stereocenters. The predicted octanol–water partition coefficient (Wildman–Crippen LogP) is 6.53. The summed E-state index contributed by atoms with van der Waals surface area (Å²) < 4.78 is 82.5. The molecule has 0 aliphatic rings. The number of hydrogen-bond donors (Lipinski definition) is 0. The number of halogens is 5. The monoisotopic (exact) mass is 438 g/mol. The third kappa shape index (κ3) is 6.96. The second-order valence-electron chi connectivity index (χ2n) is 6.70. The van der Waals surface area contributed by atoms with Crippen molar-refractivity contribution in [2.24, 2.45) is 5.92 Å². The molecule has 0 saturated carbocycles. The van der Waals surface area contributed by atoms with Crippen molar-refractivity contribution in [2.45, 2.75) is 12.8 Å². The summed E-state index contributed by atoms with van der Waals surface area (Å²) in [6.07, 6.45) is -4.55. The van der Waals surface area contributed by atoms with Crippen molar-refractivity contribution in [3.8, 4) is 17.2 Å². The maximum atomic E-state index is 14.0. The van der Waals surface area contributed by atoms with Crippen LogP contribution in [0.15, 0.2) is 72.8 Å². The van der Waals surface area contributed by atoms with Gasteiger partial charge in [0.25, 0.3) is 0 Å². The largest absolute Gasteiger partial charge is 0.493 e. The molecule has 3 nitrogen and oxygen atoms in total. The summed E-state index contributed by atoms with van der Waals surface area (Å²) in [6.45, 7) is -1.51. The fourth-order valence-electron chi connectivity index (χ4n) is 2.62. The van der Waals surface area contributed by atoms with Gasteiger partial charge in [-0.05, 0) is 54.1 Å². The second-order valence-corrected chi connectivity index (χ2v) is 6.70. The van der Waals surface area contributed by atoms with Crippen LogP contribution in [-0.2, 0) is 11.3 Å². The van der Waals surface area contributed by atoms with E-state index in [0.29, 0.717) is 11.3 Å². The quantitative estimate of drug-likeness (QED) is 0.356. The highest BCUT2D eigenvalue weighted by atomic mass is 19.4. The van der Waals surface area contributed by atoms with E-state index >= 15 is 0 Å². The molecule has 164 valence electrons. The topological polar surface area (TPSA) is 27.7 Å². The van der Waals surface area contributed by atoms with Crippen LogP contribution in [-0.4, -0.2) is 19.4 Å². The summed E-state index contributed by atoms with van der Waals surface area (Å²) in [6, 6.07) is 17.2. The van der Waals surface area contributed by atoms with Gasteiger partial charge in [-0.1, -0.05) is 24.3 Å². The van der Waals surface area contributed by atoms with E-state index in [4.69, 9.17) is 14.2 Å². The summed E-state index contributed by atoms with van der Waals surface area (Å²) in [5, 5.41) is 0. The van der Waals surface area contributed by atoms with Crippen molar-refractivity contribution in [1.29, 1.82) is 0 Å². The van der Waals surface area contributed by atoms with Crippen molar-refractivity contribution in [3.05, 3.63) is 90.0 Å². The summed E-state index contributed by atoms with van der Waals surface area (Å²) in [5.74, 6) is -2.52. The molecule has 0 saturated heterocycles. The van der Waals surface area contributed by atoms with E-state index in [1.807, 2.05) is 0 Å². The van der Waals surface area contributed by atoms with E-state index in [1.165, 1.54) is 24.3 Å². The van der Waals surface area contributed by atoms with E-state index < -0.39 is 36.9 Å². The maximum Gasteiger partial charge on any atom is 0.397 e. The lowest BCUT2D eigenvalue weighted by atomic mass is 10.1. The Bertz CT molecular complexity index is 959. The molecule has 1 unspecified atom stereocenters. The molecule has 3 aromatic carbocycles. The normalized spacial score (nSPS) is 12.4. The lowest BCUT2D eigenvalue weighted by molar-refractivity contribution is -0.196. The Hall–Kier alpha value is -3.13. The van der Waals surface area contributed by atoms with Crippen LogP contribution in [0.5, 0.6) is 17.2 Å². The summed E-state index contributed by atoms with van der Waals surface area (Å²) >= 11 is 0. The summed E-state index contributed by atoms with van der Waals surface area (Å²) in [5.41, 5.74) is 0.452. The second kappa shape index (κ2) is 10.3. The highest BCUT2D eigenvalue weighted by Crippen LogP contribution is 2.29. The van der Waals surface area contributed by atoms with Crippen LogP contribution in [0, 0.1) is 17.6 Å². The molecule has 0 fully saturated rings. The van der Waals surface area contributed by atoms with Crippen LogP contribution in [0.1, 0.15) is 5.56 Å². The van der Waals surface area contributed by atoms with E-state index in [0.717, 1.165) is 18.2 Å².